The summed E-state index contributed by atoms with van der Waals surface area (Å²) in [7, 11) is 1.52. The Morgan fingerprint density at radius 2 is 2.00 bits per heavy atom. The zero-order chi connectivity index (χ0) is 16.3. The lowest BCUT2D eigenvalue weighted by Crippen LogP contribution is -2.12. The highest BCUT2D eigenvalue weighted by molar-refractivity contribution is 6.33. The molecule has 114 valence electrons. The van der Waals surface area contributed by atoms with Gasteiger partial charge in [0.05, 0.1) is 18.7 Å². The number of halogens is 1. The van der Waals surface area contributed by atoms with Gasteiger partial charge in [0.15, 0.2) is 11.5 Å². The third-order valence-corrected chi connectivity index (χ3v) is 3.44. The molecule has 0 spiro atoms. The van der Waals surface area contributed by atoms with Crippen LogP contribution in [0.3, 0.4) is 0 Å². The van der Waals surface area contributed by atoms with Gasteiger partial charge in [0.25, 0.3) is 5.56 Å². The van der Waals surface area contributed by atoms with E-state index in [9.17, 15) is 10.1 Å². The minimum Gasteiger partial charge on any atom is -0.493 e. The van der Waals surface area contributed by atoms with Crippen molar-refractivity contribution in [3.63, 3.8) is 0 Å². The van der Waals surface area contributed by atoms with Crippen LogP contribution in [0.4, 0.5) is 0 Å². The molecule has 0 amide bonds. The molecule has 0 saturated heterocycles. The SMILES string of the molecule is CCOc1cc(Cl)c(-c2cc(C)[nH]c(=O)c2C#N)cc1OC. The molecule has 0 aliphatic carbocycles. The number of aryl methyl sites for hydroxylation is 1. The second-order valence-corrected chi connectivity index (χ2v) is 5.01. The lowest BCUT2D eigenvalue weighted by atomic mass is 10.0. The van der Waals surface area contributed by atoms with Crippen molar-refractivity contribution in [1.82, 2.24) is 4.98 Å². The van der Waals surface area contributed by atoms with Gasteiger partial charge in [0.2, 0.25) is 0 Å². The second kappa shape index (κ2) is 6.54. The number of aromatic amines is 1. The minimum atomic E-state index is -0.443. The van der Waals surface area contributed by atoms with Gasteiger partial charge < -0.3 is 14.5 Å². The number of nitriles is 1. The Kier molecular flexibility index (Phi) is 4.74. The van der Waals surface area contributed by atoms with Crippen LogP contribution in [0.5, 0.6) is 11.5 Å². The predicted octanol–water partition coefficient (Wildman–Crippen LogP) is 3.28. The van der Waals surface area contributed by atoms with Gasteiger partial charge in [0.1, 0.15) is 11.6 Å². The van der Waals surface area contributed by atoms with Gasteiger partial charge in [-0.05, 0) is 26.0 Å². The Morgan fingerprint density at radius 3 is 2.59 bits per heavy atom. The third-order valence-electron chi connectivity index (χ3n) is 3.12. The number of nitrogens with one attached hydrogen (secondary N) is 1. The molecule has 6 heteroatoms. The van der Waals surface area contributed by atoms with Crippen LogP contribution in [-0.4, -0.2) is 18.7 Å². The summed E-state index contributed by atoms with van der Waals surface area (Å²) in [6, 6.07) is 6.92. The van der Waals surface area contributed by atoms with E-state index in [2.05, 4.69) is 4.98 Å². The fourth-order valence-electron chi connectivity index (χ4n) is 2.18. The van der Waals surface area contributed by atoms with Gasteiger partial charge in [-0.2, -0.15) is 5.26 Å². The first-order valence-corrected chi connectivity index (χ1v) is 7.04. The van der Waals surface area contributed by atoms with E-state index in [4.69, 9.17) is 21.1 Å². The van der Waals surface area contributed by atoms with Crippen molar-refractivity contribution >= 4 is 11.6 Å². The molecule has 1 N–H and O–H groups in total. The summed E-state index contributed by atoms with van der Waals surface area (Å²) < 4.78 is 10.8. The van der Waals surface area contributed by atoms with Crippen molar-refractivity contribution in [3.05, 3.63) is 44.8 Å². The number of hydrogen-bond acceptors (Lipinski definition) is 4. The normalized spacial score (nSPS) is 10.1. The van der Waals surface area contributed by atoms with Crippen LogP contribution >= 0.6 is 11.6 Å². The average molecular weight is 319 g/mol. The monoisotopic (exact) mass is 318 g/mol. The summed E-state index contributed by atoms with van der Waals surface area (Å²) >= 11 is 6.31. The number of pyridine rings is 1. The molecule has 2 aromatic rings. The van der Waals surface area contributed by atoms with Gasteiger partial charge in [-0.3, -0.25) is 4.79 Å². The van der Waals surface area contributed by atoms with E-state index in [1.165, 1.54) is 7.11 Å². The lowest BCUT2D eigenvalue weighted by Gasteiger charge is -2.14. The highest BCUT2D eigenvalue weighted by Crippen LogP contribution is 2.39. The number of ether oxygens (including phenoxy) is 2. The molecule has 0 atom stereocenters. The molecule has 0 radical (unpaired) electrons. The number of H-pyrrole nitrogens is 1. The van der Waals surface area contributed by atoms with E-state index < -0.39 is 5.56 Å². The molecule has 1 heterocycles. The van der Waals surface area contributed by atoms with E-state index in [-0.39, 0.29) is 5.56 Å². The van der Waals surface area contributed by atoms with Crippen LogP contribution in [0.15, 0.2) is 23.0 Å². The number of aromatic nitrogens is 1. The van der Waals surface area contributed by atoms with Crippen molar-refractivity contribution in [2.75, 3.05) is 13.7 Å². The molecule has 1 aromatic carbocycles. The van der Waals surface area contributed by atoms with E-state index in [1.807, 2.05) is 13.0 Å². The van der Waals surface area contributed by atoms with Crippen LogP contribution in [0.2, 0.25) is 5.02 Å². The lowest BCUT2D eigenvalue weighted by molar-refractivity contribution is 0.311. The highest BCUT2D eigenvalue weighted by Gasteiger charge is 2.17. The quantitative estimate of drug-likeness (QED) is 0.938. The first-order valence-electron chi connectivity index (χ1n) is 6.66. The standard InChI is InChI=1S/C16H15ClN2O3/c1-4-22-15-7-13(17)11(6-14(15)21-3)10-5-9(2)19-16(20)12(10)8-18/h5-7H,4H2,1-3H3,(H,19,20). The molecule has 0 aliphatic heterocycles. The van der Waals surface area contributed by atoms with Gasteiger partial charge in [-0.15, -0.1) is 0 Å². The number of rotatable bonds is 4. The van der Waals surface area contributed by atoms with Gasteiger partial charge in [-0.1, -0.05) is 11.6 Å². The van der Waals surface area contributed by atoms with Crippen molar-refractivity contribution in [2.45, 2.75) is 13.8 Å². The summed E-state index contributed by atoms with van der Waals surface area (Å²) in [4.78, 5) is 14.5. The Bertz CT molecular complexity index is 806. The Labute approximate surface area is 133 Å². The maximum atomic E-state index is 11.9. The number of hydrogen-bond donors (Lipinski definition) is 1. The topological polar surface area (TPSA) is 75.1 Å². The molecule has 0 saturated carbocycles. The third kappa shape index (κ3) is 2.92. The maximum Gasteiger partial charge on any atom is 0.266 e. The molecule has 2 rings (SSSR count). The zero-order valence-corrected chi connectivity index (χ0v) is 13.2. The summed E-state index contributed by atoms with van der Waals surface area (Å²) in [6.45, 7) is 4.07. The highest BCUT2D eigenvalue weighted by atomic mass is 35.5. The van der Waals surface area contributed by atoms with Crippen LogP contribution in [-0.2, 0) is 0 Å². The molecule has 22 heavy (non-hydrogen) atoms. The molecule has 0 bridgehead atoms. The van der Waals surface area contributed by atoms with Gasteiger partial charge in [0, 0.05) is 22.9 Å². The van der Waals surface area contributed by atoms with Gasteiger partial charge in [-0.25, -0.2) is 0 Å². The van der Waals surface area contributed by atoms with Crippen LogP contribution in [0.1, 0.15) is 18.2 Å². The molecule has 0 aliphatic rings. The summed E-state index contributed by atoms with van der Waals surface area (Å²) in [5.41, 5.74) is 1.23. The van der Waals surface area contributed by atoms with Crippen LogP contribution in [0.25, 0.3) is 11.1 Å². The van der Waals surface area contributed by atoms with Crippen LogP contribution < -0.4 is 15.0 Å². The fraction of sp³-hybridized carbons (Fsp3) is 0.250. The van der Waals surface area contributed by atoms with Crippen LogP contribution in [0, 0.1) is 18.3 Å². The number of benzene rings is 1. The van der Waals surface area contributed by atoms with Crippen molar-refractivity contribution in [3.8, 4) is 28.7 Å². The fourth-order valence-corrected chi connectivity index (χ4v) is 2.44. The first-order chi connectivity index (χ1) is 10.5. The number of methoxy groups -OCH3 is 1. The van der Waals surface area contributed by atoms with Gasteiger partial charge >= 0.3 is 0 Å². The molecule has 5 nitrogen and oxygen atoms in total. The molecule has 0 unspecified atom stereocenters. The smallest absolute Gasteiger partial charge is 0.266 e. The molecular formula is C16H15ClN2O3. The summed E-state index contributed by atoms with van der Waals surface area (Å²) in [5, 5.41) is 9.62. The largest absolute Gasteiger partial charge is 0.493 e. The summed E-state index contributed by atoms with van der Waals surface area (Å²) in [6.07, 6.45) is 0. The van der Waals surface area contributed by atoms with Crippen molar-refractivity contribution in [2.24, 2.45) is 0 Å². The zero-order valence-electron chi connectivity index (χ0n) is 12.5. The van der Waals surface area contributed by atoms with Crippen molar-refractivity contribution < 1.29 is 9.47 Å². The predicted molar refractivity (Wildman–Crippen MR) is 84.7 cm³/mol. The number of nitrogens with zero attached hydrogens (tertiary/aromatic N) is 1. The van der Waals surface area contributed by atoms with E-state index in [0.29, 0.717) is 39.9 Å². The Balaban J connectivity index is 2.74. The Morgan fingerprint density at radius 1 is 1.27 bits per heavy atom. The van der Waals surface area contributed by atoms with Crippen molar-refractivity contribution in [1.29, 1.82) is 5.26 Å². The van der Waals surface area contributed by atoms with E-state index in [1.54, 1.807) is 25.1 Å². The maximum absolute atomic E-state index is 11.9. The molecule has 1 aromatic heterocycles. The minimum absolute atomic E-state index is 0.0127. The molecular weight excluding hydrogens is 304 g/mol. The van der Waals surface area contributed by atoms with E-state index >= 15 is 0 Å². The average Bonchev–Trinajstić information content (AvgIpc) is 2.47. The first kappa shape index (κ1) is 15.9. The second-order valence-electron chi connectivity index (χ2n) is 4.60. The van der Waals surface area contributed by atoms with E-state index in [0.717, 1.165) is 0 Å². The summed E-state index contributed by atoms with van der Waals surface area (Å²) in [5.74, 6) is 1.00. The Hall–Kier alpha value is -2.45. The molecule has 0 fully saturated rings.